The van der Waals surface area contributed by atoms with Crippen LogP contribution in [-0.2, 0) is 0 Å². The van der Waals surface area contributed by atoms with E-state index in [0.29, 0.717) is 0 Å². The zero-order chi connectivity index (χ0) is 5.86. The summed E-state index contributed by atoms with van der Waals surface area (Å²) in [5.41, 5.74) is 0. The van der Waals surface area contributed by atoms with Gasteiger partial charge in [0.05, 0.1) is 0 Å². The zero-order valence-electron chi connectivity index (χ0n) is 4.04. The summed E-state index contributed by atoms with van der Waals surface area (Å²) < 4.78 is 23.1. The van der Waals surface area contributed by atoms with E-state index < -0.39 is 11.7 Å². The third-order valence-electron chi connectivity index (χ3n) is 0.513. The van der Waals surface area contributed by atoms with Crippen LogP contribution in [0.5, 0.6) is 0 Å². The fraction of sp³-hybridized carbons (Fsp3) is 0.200. The molecule has 40 valence electrons. The van der Waals surface area contributed by atoms with Gasteiger partial charge in [-0.3, -0.25) is 0 Å². The van der Waals surface area contributed by atoms with Crippen molar-refractivity contribution >= 4 is 0 Å². The minimum absolute atomic E-state index is 0.889. The maximum Gasteiger partial charge on any atom is 0.153 e. The van der Waals surface area contributed by atoms with Gasteiger partial charge >= 0.3 is 0 Å². The zero-order valence-corrected chi connectivity index (χ0v) is 4.04. The van der Waals surface area contributed by atoms with E-state index in [0.717, 1.165) is 6.08 Å². The molecule has 0 N–H and O–H groups in total. The predicted octanol–water partition coefficient (Wildman–Crippen LogP) is 2.34. The number of rotatable bonds is 1. The summed E-state index contributed by atoms with van der Waals surface area (Å²) in [6, 6.07) is 0. The number of halogens is 2. The van der Waals surface area contributed by atoms with Gasteiger partial charge in [0, 0.05) is 0 Å². The van der Waals surface area contributed by atoms with Crippen LogP contribution in [0.2, 0.25) is 0 Å². The van der Waals surface area contributed by atoms with E-state index in [2.05, 4.69) is 6.58 Å². The monoisotopic (exact) mass is 104 g/mol. The molecule has 0 heterocycles. The highest BCUT2D eigenvalue weighted by Crippen LogP contribution is 2.07. The molecule has 0 aliphatic carbocycles. The third-order valence-corrected chi connectivity index (χ3v) is 0.513. The van der Waals surface area contributed by atoms with Gasteiger partial charge in [0.15, 0.2) is 11.7 Å². The molecule has 0 nitrogen and oxygen atoms in total. The Kier molecular flexibility index (Phi) is 2.27. The van der Waals surface area contributed by atoms with Crippen molar-refractivity contribution in [3.8, 4) is 0 Å². The summed E-state index contributed by atoms with van der Waals surface area (Å²) in [6.07, 6.45) is 1.02. The molecule has 0 radical (unpaired) electrons. The molecule has 0 aromatic rings. The maximum absolute atomic E-state index is 11.6. The quantitative estimate of drug-likeness (QED) is 0.448. The van der Waals surface area contributed by atoms with E-state index >= 15 is 0 Å². The summed E-state index contributed by atoms with van der Waals surface area (Å²) in [7, 11) is 0. The summed E-state index contributed by atoms with van der Waals surface area (Å²) in [6.45, 7) is 4.12. The second-order valence-corrected chi connectivity index (χ2v) is 1.04. The minimum Gasteiger partial charge on any atom is -0.204 e. The van der Waals surface area contributed by atoms with Crippen LogP contribution < -0.4 is 0 Å². The van der Waals surface area contributed by atoms with Gasteiger partial charge in [-0.1, -0.05) is 6.58 Å². The van der Waals surface area contributed by atoms with Crippen LogP contribution in [0.3, 0.4) is 0 Å². The molecule has 0 unspecified atom stereocenters. The normalized spacial score (nSPS) is 11.6. The SMILES string of the molecule is C=C(F)/C(F)=C/C. The van der Waals surface area contributed by atoms with Gasteiger partial charge in [0.25, 0.3) is 0 Å². The molecule has 0 fully saturated rings. The lowest BCUT2D eigenvalue weighted by Crippen LogP contribution is -1.66. The minimum atomic E-state index is -1.01. The van der Waals surface area contributed by atoms with E-state index in [1.165, 1.54) is 6.92 Å². The average molecular weight is 104 g/mol. The largest absolute Gasteiger partial charge is 0.204 e. The number of hydrogen-bond donors (Lipinski definition) is 0. The smallest absolute Gasteiger partial charge is 0.153 e. The van der Waals surface area contributed by atoms with Crippen LogP contribution in [0, 0.1) is 0 Å². The van der Waals surface area contributed by atoms with Crippen LogP contribution in [0.15, 0.2) is 24.3 Å². The van der Waals surface area contributed by atoms with Crippen molar-refractivity contribution in [2.24, 2.45) is 0 Å². The van der Waals surface area contributed by atoms with Crippen molar-refractivity contribution in [3.63, 3.8) is 0 Å². The summed E-state index contributed by atoms with van der Waals surface area (Å²) >= 11 is 0. The van der Waals surface area contributed by atoms with Gasteiger partial charge in [0.2, 0.25) is 0 Å². The van der Waals surface area contributed by atoms with E-state index in [4.69, 9.17) is 0 Å². The standard InChI is InChI=1S/C5H6F2/c1-3-5(7)4(2)6/h3H,2H2,1H3/b5-3-. The fourth-order valence-electron chi connectivity index (χ4n) is 0.157. The molecule has 7 heavy (non-hydrogen) atoms. The number of allylic oxidation sites excluding steroid dienone is 3. The Labute approximate surface area is 41.2 Å². The average Bonchev–Trinajstić information content (AvgIpc) is 1.65. The lowest BCUT2D eigenvalue weighted by atomic mass is 10.5. The van der Waals surface area contributed by atoms with Gasteiger partial charge in [-0.2, -0.15) is 0 Å². The fourth-order valence-corrected chi connectivity index (χ4v) is 0.157. The molecule has 0 saturated heterocycles. The summed E-state index contributed by atoms with van der Waals surface area (Å²) in [4.78, 5) is 0. The Hall–Kier alpha value is -0.660. The molecule has 0 amide bonds. The van der Waals surface area contributed by atoms with Crippen molar-refractivity contribution in [3.05, 3.63) is 24.3 Å². The first kappa shape index (κ1) is 6.34. The molecule has 0 spiro atoms. The van der Waals surface area contributed by atoms with Crippen molar-refractivity contribution in [2.75, 3.05) is 0 Å². The lowest BCUT2D eigenvalue weighted by Gasteiger charge is -1.82. The molecule has 0 bridgehead atoms. The molecule has 0 aliphatic heterocycles. The summed E-state index contributed by atoms with van der Waals surface area (Å²) in [5, 5.41) is 0. The van der Waals surface area contributed by atoms with Crippen LogP contribution >= 0.6 is 0 Å². The van der Waals surface area contributed by atoms with Gasteiger partial charge in [0.1, 0.15) is 0 Å². The van der Waals surface area contributed by atoms with E-state index in [1.54, 1.807) is 0 Å². The first-order valence-electron chi connectivity index (χ1n) is 1.85. The van der Waals surface area contributed by atoms with Crippen LogP contribution in [0.1, 0.15) is 6.92 Å². The molecule has 0 saturated carbocycles. The Morgan fingerprint density at radius 2 is 2.00 bits per heavy atom. The van der Waals surface area contributed by atoms with Crippen LogP contribution in [0.25, 0.3) is 0 Å². The predicted molar refractivity (Wildman–Crippen MR) is 25.1 cm³/mol. The van der Waals surface area contributed by atoms with Crippen molar-refractivity contribution in [1.29, 1.82) is 0 Å². The van der Waals surface area contributed by atoms with Gasteiger partial charge in [-0.25, -0.2) is 8.78 Å². The molecule has 0 aromatic heterocycles. The number of hydrogen-bond acceptors (Lipinski definition) is 0. The van der Waals surface area contributed by atoms with E-state index in [9.17, 15) is 8.78 Å². The van der Waals surface area contributed by atoms with Gasteiger partial charge < -0.3 is 0 Å². The third kappa shape index (κ3) is 2.09. The topological polar surface area (TPSA) is 0 Å². The Bertz CT molecular complexity index is 103. The lowest BCUT2D eigenvalue weighted by molar-refractivity contribution is 0.547. The van der Waals surface area contributed by atoms with Crippen molar-refractivity contribution in [2.45, 2.75) is 6.92 Å². The second kappa shape index (κ2) is 2.50. The highest BCUT2D eigenvalue weighted by Gasteiger charge is 1.92. The van der Waals surface area contributed by atoms with Crippen LogP contribution in [0.4, 0.5) is 8.78 Å². The molecule has 0 atom stereocenters. The van der Waals surface area contributed by atoms with E-state index in [1.807, 2.05) is 0 Å². The highest BCUT2D eigenvalue weighted by atomic mass is 19.2. The van der Waals surface area contributed by atoms with E-state index in [-0.39, 0.29) is 0 Å². The second-order valence-electron chi connectivity index (χ2n) is 1.04. The first-order chi connectivity index (χ1) is 3.18. The van der Waals surface area contributed by atoms with Gasteiger partial charge in [-0.15, -0.1) is 0 Å². The van der Waals surface area contributed by atoms with Crippen LogP contribution in [-0.4, -0.2) is 0 Å². The highest BCUT2D eigenvalue weighted by molar-refractivity contribution is 5.12. The maximum atomic E-state index is 11.6. The Morgan fingerprint density at radius 1 is 1.57 bits per heavy atom. The molecule has 0 aliphatic rings. The first-order valence-corrected chi connectivity index (χ1v) is 1.85. The molecular weight excluding hydrogens is 98.1 g/mol. The summed E-state index contributed by atoms with van der Waals surface area (Å²) in [5.74, 6) is -1.90. The Morgan fingerprint density at radius 3 is 2.00 bits per heavy atom. The van der Waals surface area contributed by atoms with Crippen molar-refractivity contribution in [1.82, 2.24) is 0 Å². The molecule has 0 aromatic carbocycles. The molecule has 0 rings (SSSR count). The van der Waals surface area contributed by atoms with Crippen molar-refractivity contribution < 1.29 is 8.78 Å². The Balaban J connectivity index is 3.82. The molecular formula is C5H6F2. The molecule has 2 heteroatoms. The van der Waals surface area contributed by atoms with Gasteiger partial charge in [-0.05, 0) is 13.0 Å².